The molecule has 4 rings (SSSR count). The molecule has 5 nitrogen and oxygen atoms in total. The van der Waals surface area contributed by atoms with Crippen molar-refractivity contribution < 1.29 is 4.79 Å². The van der Waals surface area contributed by atoms with Crippen LogP contribution in [0.15, 0.2) is 30.5 Å². The topological polar surface area (TPSA) is 59.0 Å². The summed E-state index contributed by atoms with van der Waals surface area (Å²) in [5.74, 6) is 1.80. The maximum Gasteiger partial charge on any atom is 0.224 e. The third kappa shape index (κ3) is 5.24. The molecule has 1 amide bonds. The molecule has 1 atom stereocenters. The minimum absolute atomic E-state index is 0. The Labute approximate surface area is 173 Å². The number of nitrogens with one attached hydrogen (secondary N) is 2. The molecule has 0 radical (unpaired) electrons. The zero-order valence-corrected chi connectivity index (χ0v) is 17.1. The van der Waals surface area contributed by atoms with E-state index in [1.807, 2.05) is 18.3 Å². The number of imidazole rings is 1. The highest BCUT2D eigenvalue weighted by Gasteiger charge is 2.17. The van der Waals surface area contributed by atoms with Crippen molar-refractivity contribution >= 4 is 36.4 Å². The molecule has 1 aromatic heterocycles. The number of rotatable bonds is 5. The lowest BCUT2D eigenvalue weighted by Crippen LogP contribution is -2.15. The third-order valence-electron chi connectivity index (χ3n) is 5.37. The van der Waals surface area contributed by atoms with Crippen LogP contribution in [0.5, 0.6) is 0 Å². The number of amides is 1. The quantitative estimate of drug-likeness (QED) is 0.780. The van der Waals surface area contributed by atoms with Gasteiger partial charge >= 0.3 is 0 Å². The molecule has 1 fully saturated rings. The van der Waals surface area contributed by atoms with Gasteiger partial charge in [0, 0.05) is 36.1 Å². The number of aromatic nitrogens is 2. The minimum Gasteiger partial charge on any atom is -0.328 e. The molecule has 1 aromatic carbocycles. The predicted molar refractivity (Wildman–Crippen MR) is 114 cm³/mol. The Morgan fingerprint density at radius 3 is 2.78 bits per heavy atom. The number of anilines is 1. The monoisotopic (exact) mass is 410 g/mol. The number of halogens is 2. The van der Waals surface area contributed by atoms with Crippen LogP contribution in [-0.2, 0) is 17.8 Å². The lowest BCUT2D eigenvalue weighted by atomic mass is 10.0. The van der Waals surface area contributed by atoms with E-state index in [0.29, 0.717) is 12.3 Å². The second-order valence-electron chi connectivity index (χ2n) is 7.20. The van der Waals surface area contributed by atoms with Crippen LogP contribution in [0.25, 0.3) is 11.4 Å². The highest BCUT2D eigenvalue weighted by molar-refractivity contribution is 5.90. The van der Waals surface area contributed by atoms with E-state index in [-0.39, 0.29) is 30.7 Å². The van der Waals surface area contributed by atoms with Crippen molar-refractivity contribution in [3.8, 4) is 11.4 Å². The first-order valence-electron chi connectivity index (χ1n) is 9.45. The molecular formula is C20H28Cl2N4O. The summed E-state index contributed by atoms with van der Waals surface area (Å²) >= 11 is 0. The number of fused-ring (bicyclic) bond motifs is 1. The van der Waals surface area contributed by atoms with Crippen molar-refractivity contribution in [2.75, 3.05) is 18.4 Å². The molecule has 7 heteroatoms. The highest BCUT2D eigenvalue weighted by atomic mass is 35.5. The fourth-order valence-electron chi connectivity index (χ4n) is 3.89. The van der Waals surface area contributed by atoms with Crippen LogP contribution in [0.4, 0.5) is 5.69 Å². The van der Waals surface area contributed by atoms with Crippen LogP contribution in [0.1, 0.15) is 37.8 Å². The van der Waals surface area contributed by atoms with Gasteiger partial charge in [0.1, 0.15) is 5.82 Å². The molecule has 2 aliphatic rings. The van der Waals surface area contributed by atoms with Crippen molar-refractivity contribution in [3.05, 3.63) is 36.2 Å². The lowest BCUT2D eigenvalue weighted by molar-refractivity contribution is -0.116. The van der Waals surface area contributed by atoms with Gasteiger partial charge in [-0.1, -0.05) is 0 Å². The maximum atomic E-state index is 12.1. The molecule has 0 spiro atoms. The Hall–Kier alpha value is -1.56. The van der Waals surface area contributed by atoms with Crippen LogP contribution in [-0.4, -0.2) is 28.5 Å². The van der Waals surface area contributed by atoms with Gasteiger partial charge in [-0.2, -0.15) is 0 Å². The SMILES string of the molecule is Cl.Cl.O=C(CCC1CCNC1)Nc1ccc(-c2ncc3n2CCCC3)cc1. The fraction of sp³-hybridized carbons (Fsp3) is 0.500. The molecule has 2 aliphatic heterocycles. The first-order chi connectivity index (χ1) is 12.3. The van der Waals surface area contributed by atoms with Crippen LogP contribution in [0.2, 0.25) is 0 Å². The fourth-order valence-corrected chi connectivity index (χ4v) is 3.89. The van der Waals surface area contributed by atoms with Gasteiger partial charge in [0.25, 0.3) is 0 Å². The molecule has 2 N–H and O–H groups in total. The number of benzene rings is 1. The number of hydrogen-bond donors (Lipinski definition) is 2. The van der Waals surface area contributed by atoms with E-state index in [0.717, 1.165) is 49.6 Å². The van der Waals surface area contributed by atoms with Crippen molar-refractivity contribution in [2.24, 2.45) is 5.92 Å². The number of carbonyl (C=O) groups excluding carboxylic acids is 1. The minimum atomic E-state index is 0. The Morgan fingerprint density at radius 1 is 1.22 bits per heavy atom. The first kappa shape index (κ1) is 21.7. The summed E-state index contributed by atoms with van der Waals surface area (Å²) in [5, 5.41) is 6.36. The molecule has 0 bridgehead atoms. The van der Waals surface area contributed by atoms with Gasteiger partial charge in [0.2, 0.25) is 5.91 Å². The summed E-state index contributed by atoms with van der Waals surface area (Å²) in [4.78, 5) is 16.7. The van der Waals surface area contributed by atoms with E-state index < -0.39 is 0 Å². The number of aryl methyl sites for hydroxylation is 1. The molecule has 1 saturated heterocycles. The van der Waals surface area contributed by atoms with Gasteiger partial charge in [0.05, 0.1) is 0 Å². The molecule has 27 heavy (non-hydrogen) atoms. The van der Waals surface area contributed by atoms with Crippen LogP contribution in [0, 0.1) is 5.92 Å². The Balaban J connectivity index is 0.00000131. The third-order valence-corrected chi connectivity index (χ3v) is 5.37. The normalized spacial score (nSPS) is 18.1. The summed E-state index contributed by atoms with van der Waals surface area (Å²) in [6, 6.07) is 8.07. The first-order valence-corrected chi connectivity index (χ1v) is 9.45. The standard InChI is InChI=1S/C20H26N4O.2ClH/c25-19(9-4-15-10-11-21-13-15)23-17-7-5-16(6-8-17)20-22-14-18-3-1-2-12-24(18)20;;/h5-8,14-15,21H,1-4,9-13H2,(H,23,25);2*1H. The summed E-state index contributed by atoms with van der Waals surface area (Å²) in [6.07, 6.45) is 8.36. The van der Waals surface area contributed by atoms with E-state index in [9.17, 15) is 4.79 Å². The zero-order chi connectivity index (χ0) is 17.1. The van der Waals surface area contributed by atoms with E-state index in [1.165, 1.54) is 25.0 Å². The molecule has 148 valence electrons. The maximum absolute atomic E-state index is 12.1. The second kappa shape index (κ2) is 10.1. The van der Waals surface area contributed by atoms with Gasteiger partial charge in [-0.25, -0.2) is 4.98 Å². The Kier molecular flexibility index (Phi) is 8.14. The molecule has 3 heterocycles. The van der Waals surface area contributed by atoms with Gasteiger partial charge in [-0.3, -0.25) is 4.79 Å². The van der Waals surface area contributed by atoms with E-state index in [1.54, 1.807) is 0 Å². The summed E-state index contributed by atoms with van der Waals surface area (Å²) < 4.78 is 2.33. The lowest BCUT2D eigenvalue weighted by Gasteiger charge is -2.16. The van der Waals surface area contributed by atoms with Gasteiger partial charge in [-0.05, 0) is 75.4 Å². The van der Waals surface area contributed by atoms with Crippen LogP contribution >= 0.6 is 24.8 Å². The average molecular weight is 411 g/mol. The summed E-state index contributed by atoms with van der Waals surface area (Å²) in [6.45, 7) is 3.20. The predicted octanol–water partition coefficient (Wildman–Crippen LogP) is 4.06. The molecule has 0 saturated carbocycles. The molecule has 1 unspecified atom stereocenters. The Bertz CT molecular complexity index is 739. The largest absolute Gasteiger partial charge is 0.328 e. The zero-order valence-electron chi connectivity index (χ0n) is 15.4. The summed E-state index contributed by atoms with van der Waals surface area (Å²) in [5.41, 5.74) is 3.31. The van der Waals surface area contributed by atoms with E-state index in [4.69, 9.17) is 0 Å². The number of carbonyl (C=O) groups is 1. The Morgan fingerprint density at radius 2 is 2.04 bits per heavy atom. The molecular weight excluding hydrogens is 383 g/mol. The van der Waals surface area contributed by atoms with Crippen LogP contribution in [0.3, 0.4) is 0 Å². The van der Waals surface area contributed by atoms with Gasteiger partial charge < -0.3 is 15.2 Å². The van der Waals surface area contributed by atoms with E-state index in [2.05, 4.69) is 32.3 Å². The van der Waals surface area contributed by atoms with Crippen molar-refractivity contribution in [1.29, 1.82) is 0 Å². The van der Waals surface area contributed by atoms with Crippen molar-refractivity contribution in [3.63, 3.8) is 0 Å². The van der Waals surface area contributed by atoms with Gasteiger partial charge in [-0.15, -0.1) is 24.8 Å². The van der Waals surface area contributed by atoms with Crippen LogP contribution < -0.4 is 10.6 Å². The second-order valence-corrected chi connectivity index (χ2v) is 7.20. The highest BCUT2D eigenvalue weighted by Crippen LogP contribution is 2.25. The van der Waals surface area contributed by atoms with Gasteiger partial charge in [0.15, 0.2) is 0 Å². The molecule has 2 aromatic rings. The smallest absolute Gasteiger partial charge is 0.224 e. The number of hydrogen-bond acceptors (Lipinski definition) is 3. The number of nitrogens with zero attached hydrogens (tertiary/aromatic N) is 2. The van der Waals surface area contributed by atoms with Crippen molar-refractivity contribution in [1.82, 2.24) is 14.9 Å². The summed E-state index contributed by atoms with van der Waals surface area (Å²) in [7, 11) is 0. The molecule has 0 aliphatic carbocycles. The average Bonchev–Trinajstić information content (AvgIpc) is 3.30. The van der Waals surface area contributed by atoms with E-state index >= 15 is 0 Å². The van der Waals surface area contributed by atoms with Crippen molar-refractivity contribution in [2.45, 2.75) is 45.1 Å².